The van der Waals surface area contributed by atoms with Crippen LogP contribution >= 0.6 is 0 Å². The van der Waals surface area contributed by atoms with Crippen LogP contribution in [0.4, 0.5) is 5.69 Å². The molecular formula is C19H27NO6. The number of carbonyl (C=O) groups is 2. The lowest BCUT2D eigenvalue weighted by Crippen LogP contribution is -2.09. The SMILES string of the molecule is CCCCCCCCCCCC(=O)Oc1ccc(C(=O)O)cc1[N+](=O)[O-]. The first-order chi connectivity index (χ1) is 12.5. The second-order valence-electron chi connectivity index (χ2n) is 6.30. The van der Waals surface area contributed by atoms with Crippen molar-refractivity contribution in [3.05, 3.63) is 33.9 Å². The summed E-state index contributed by atoms with van der Waals surface area (Å²) in [5.74, 6) is -2.04. The highest BCUT2D eigenvalue weighted by Crippen LogP contribution is 2.28. The molecule has 0 aliphatic heterocycles. The highest BCUT2D eigenvalue weighted by atomic mass is 16.6. The van der Waals surface area contributed by atoms with Crippen molar-refractivity contribution in [1.82, 2.24) is 0 Å². The van der Waals surface area contributed by atoms with Gasteiger partial charge in [-0.2, -0.15) is 0 Å². The van der Waals surface area contributed by atoms with E-state index in [1.165, 1.54) is 38.2 Å². The molecule has 0 bridgehead atoms. The number of nitrogens with zero attached hydrogens (tertiary/aromatic N) is 1. The standard InChI is InChI=1S/C19H27NO6/c1-2-3-4-5-6-7-8-9-10-11-18(21)26-17-13-12-15(19(22)23)14-16(17)20(24)25/h12-14H,2-11H2,1H3,(H,22,23). The fraction of sp³-hybridized carbons (Fsp3) is 0.579. The highest BCUT2D eigenvalue weighted by molar-refractivity contribution is 5.89. The Bertz CT molecular complexity index is 614. The van der Waals surface area contributed by atoms with Gasteiger partial charge in [-0.15, -0.1) is 0 Å². The quantitative estimate of drug-likeness (QED) is 0.171. The molecule has 0 aliphatic rings. The highest BCUT2D eigenvalue weighted by Gasteiger charge is 2.20. The van der Waals surface area contributed by atoms with Crippen LogP contribution in [0.15, 0.2) is 18.2 Å². The molecule has 0 saturated heterocycles. The van der Waals surface area contributed by atoms with Gasteiger partial charge in [-0.25, -0.2) is 4.79 Å². The predicted molar refractivity (Wildman–Crippen MR) is 97.5 cm³/mol. The average molecular weight is 365 g/mol. The molecule has 7 heteroatoms. The first-order valence-corrected chi connectivity index (χ1v) is 9.18. The number of ether oxygens (including phenoxy) is 1. The molecule has 0 fully saturated rings. The first kappa shape index (κ1) is 21.6. The summed E-state index contributed by atoms with van der Waals surface area (Å²) in [5.41, 5.74) is -0.749. The van der Waals surface area contributed by atoms with E-state index in [2.05, 4.69) is 6.92 Å². The predicted octanol–water partition coefficient (Wildman–Crippen LogP) is 5.12. The fourth-order valence-corrected chi connectivity index (χ4v) is 2.63. The molecule has 1 aromatic rings. The lowest BCUT2D eigenvalue weighted by Gasteiger charge is -2.06. The van der Waals surface area contributed by atoms with Crippen molar-refractivity contribution in [2.24, 2.45) is 0 Å². The number of hydrogen-bond donors (Lipinski definition) is 1. The summed E-state index contributed by atoms with van der Waals surface area (Å²) in [6, 6.07) is 3.22. The Morgan fingerprint density at radius 2 is 1.62 bits per heavy atom. The van der Waals surface area contributed by atoms with Gasteiger partial charge in [0.25, 0.3) is 0 Å². The molecule has 7 nitrogen and oxygen atoms in total. The third-order valence-corrected chi connectivity index (χ3v) is 4.11. The number of rotatable bonds is 13. The number of hydrogen-bond acceptors (Lipinski definition) is 5. The van der Waals surface area contributed by atoms with E-state index in [9.17, 15) is 19.7 Å². The van der Waals surface area contributed by atoms with Crippen molar-refractivity contribution in [3.8, 4) is 5.75 Å². The molecule has 0 saturated carbocycles. The number of aromatic carboxylic acids is 1. The number of esters is 1. The molecule has 0 atom stereocenters. The molecule has 1 aromatic carbocycles. The van der Waals surface area contributed by atoms with Gasteiger partial charge < -0.3 is 9.84 Å². The minimum atomic E-state index is -1.28. The van der Waals surface area contributed by atoms with Crippen LogP contribution < -0.4 is 4.74 Å². The number of carbonyl (C=O) groups excluding carboxylic acids is 1. The van der Waals surface area contributed by atoms with Crippen molar-refractivity contribution in [3.63, 3.8) is 0 Å². The molecule has 0 aromatic heterocycles. The Hall–Kier alpha value is -2.44. The minimum absolute atomic E-state index is 0.188. The molecule has 0 amide bonds. The third kappa shape index (κ3) is 8.09. The number of carboxylic acid groups (broad SMARTS) is 1. The average Bonchev–Trinajstić information content (AvgIpc) is 2.60. The van der Waals surface area contributed by atoms with Crippen LogP contribution in [0.1, 0.15) is 81.5 Å². The second kappa shape index (κ2) is 12.0. The third-order valence-electron chi connectivity index (χ3n) is 4.11. The summed E-state index contributed by atoms with van der Waals surface area (Å²) in [7, 11) is 0. The Morgan fingerprint density at radius 1 is 1.04 bits per heavy atom. The Labute approximate surface area is 153 Å². The molecule has 144 valence electrons. The zero-order valence-electron chi connectivity index (χ0n) is 15.2. The zero-order valence-corrected chi connectivity index (χ0v) is 15.2. The van der Waals surface area contributed by atoms with Crippen LogP contribution in [-0.2, 0) is 4.79 Å². The monoisotopic (exact) mass is 365 g/mol. The summed E-state index contributed by atoms with van der Waals surface area (Å²) in [5, 5.41) is 19.9. The van der Waals surface area contributed by atoms with E-state index in [1.54, 1.807) is 0 Å². The van der Waals surface area contributed by atoms with Crippen LogP contribution in [-0.4, -0.2) is 22.0 Å². The van der Waals surface area contributed by atoms with Gasteiger partial charge in [0.05, 0.1) is 10.5 Å². The van der Waals surface area contributed by atoms with Crippen LogP contribution in [0, 0.1) is 10.1 Å². The largest absolute Gasteiger partial charge is 0.478 e. The summed E-state index contributed by atoms with van der Waals surface area (Å²) in [6.07, 6.45) is 10.3. The first-order valence-electron chi connectivity index (χ1n) is 9.18. The number of benzene rings is 1. The topological polar surface area (TPSA) is 107 Å². The van der Waals surface area contributed by atoms with Gasteiger partial charge in [-0.05, 0) is 18.6 Å². The maximum atomic E-state index is 11.9. The zero-order chi connectivity index (χ0) is 19.4. The van der Waals surface area contributed by atoms with Crippen LogP contribution in [0.3, 0.4) is 0 Å². The van der Waals surface area contributed by atoms with Gasteiger partial charge in [0.2, 0.25) is 5.75 Å². The maximum Gasteiger partial charge on any atom is 0.335 e. The smallest absolute Gasteiger partial charge is 0.335 e. The number of nitro benzene ring substituents is 1. The number of nitro groups is 1. The van der Waals surface area contributed by atoms with E-state index in [1.807, 2.05) is 0 Å². The molecule has 0 aliphatic carbocycles. The molecule has 0 spiro atoms. The van der Waals surface area contributed by atoms with Gasteiger partial charge in [0.15, 0.2) is 0 Å². The van der Waals surface area contributed by atoms with Gasteiger partial charge in [-0.1, -0.05) is 58.3 Å². The minimum Gasteiger partial charge on any atom is -0.478 e. The van der Waals surface area contributed by atoms with Gasteiger partial charge >= 0.3 is 17.6 Å². The molecule has 0 radical (unpaired) electrons. The number of unbranched alkanes of at least 4 members (excludes halogenated alkanes) is 8. The van der Waals surface area contributed by atoms with Crippen molar-refractivity contribution in [1.29, 1.82) is 0 Å². The van der Waals surface area contributed by atoms with E-state index in [-0.39, 0.29) is 17.7 Å². The molecule has 1 N–H and O–H groups in total. The summed E-state index contributed by atoms with van der Waals surface area (Å²) in [4.78, 5) is 33.0. The van der Waals surface area contributed by atoms with E-state index >= 15 is 0 Å². The van der Waals surface area contributed by atoms with Gasteiger partial charge in [0.1, 0.15) is 0 Å². The summed E-state index contributed by atoms with van der Waals surface area (Å²) < 4.78 is 5.04. The molecule has 0 heterocycles. The van der Waals surface area contributed by atoms with E-state index in [0.717, 1.165) is 31.4 Å². The Morgan fingerprint density at radius 3 is 2.15 bits per heavy atom. The Balaban J connectivity index is 2.35. The fourth-order valence-electron chi connectivity index (χ4n) is 2.63. The van der Waals surface area contributed by atoms with Crippen molar-refractivity contribution >= 4 is 17.6 Å². The van der Waals surface area contributed by atoms with Crippen molar-refractivity contribution in [2.45, 2.75) is 71.1 Å². The van der Waals surface area contributed by atoms with Crippen LogP contribution in [0.2, 0.25) is 0 Å². The van der Waals surface area contributed by atoms with Crippen LogP contribution in [0.5, 0.6) is 5.75 Å². The van der Waals surface area contributed by atoms with Crippen molar-refractivity contribution < 1.29 is 24.4 Å². The van der Waals surface area contributed by atoms with Crippen molar-refractivity contribution in [2.75, 3.05) is 0 Å². The Kier molecular flexibility index (Phi) is 9.97. The lowest BCUT2D eigenvalue weighted by molar-refractivity contribution is -0.385. The molecule has 0 unspecified atom stereocenters. The van der Waals surface area contributed by atoms with E-state index in [4.69, 9.17) is 9.84 Å². The maximum absolute atomic E-state index is 11.9. The summed E-state index contributed by atoms with van der Waals surface area (Å²) >= 11 is 0. The molecule has 1 rings (SSSR count). The van der Waals surface area contributed by atoms with Gasteiger partial charge in [0, 0.05) is 12.5 Å². The normalized spacial score (nSPS) is 10.5. The van der Waals surface area contributed by atoms with E-state index in [0.29, 0.717) is 6.42 Å². The van der Waals surface area contributed by atoms with Crippen LogP contribution in [0.25, 0.3) is 0 Å². The van der Waals surface area contributed by atoms with Gasteiger partial charge in [-0.3, -0.25) is 14.9 Å². The lowest BCUT2D eigenvalue weighted by atomic mass is 10.1. The second-order valence-corrected chi connectivity index (χ2v) is 6.30. The van der Waals surface area contributed by atoms with E-state index < -0.39 is 22.5 Å². The molecule has 26 heavy (non-hydrogen) atoms. The number of carboxylic acids is 1. The summed E-state index contributed by atoms with van der Waals surface area (Å²) in [6.45, 7) is 2.19. The molecular weight excluding hydrogens is 338 g/mol.